The molecule has 0 spiro atoms. The first-order valence-corrected chi connectivity index (χ1v) is 6.39. The highest BCUT2D eigenvalue weighted by molar-refractivity contribution is 6.30. The highest BCUT2D eigenvalue weighted by Gasteiger charge is 2.18. The lowest BCUT2D eigenvalue weighted by Gasteiger charge is -2.18. The first-order valence-electron chi connectivity index (χ1n) is 6.01. The lowest BCUT2D eigenvalue weighted by Crippen LogP contribution is -2.06. The summed E-state index contributed by atoms with van der Waals surface area (Å²) in [4.78, 5) is 0. The Morgan fingerprint density at radius 3 is 2.40 bits per heavy atom. The average molecular weight is 294 g/mol. The molecule has 20 heavy (non-hydrogen) atoms. The first-order chi connectivity index (χ1) is 9.56. The van der Waals surface area contributed by atoms with Gasteiger partial charge in [0, 0.05) is 21.8 Å². The Hall–Kier alpha value is -1.91. The summed E-state index contributed by atoms with van der Waals surface area (Å²) < 4.78 is 10.4. The standard InChI is InChI=1S/C15H16ClNO3/c1-19-10-4-6-14(20-2)12(8-10)15(18)11-5-3-9(16)7-13(11)17/h3-8,15,18H,17H2,1-2H3. The Morgan fingerprint density at radius 2 is 1.80 bits per heavy atom. The quantitative estimate of drug-likeness (QED) is 0.851. The molecule has 0 amide bonds. The first kappa shape index (κ1) is 14.5. The van der Waals surface area contributed by atoms with Crippen molar-refractivity contribution in [2.75, 3.05) is 20.0 Å². The van der Waals surface area contributed by atoms with E-state index in [1.165, 1.54) is 0 Å². The van der Waals surface area contributed by atoms with Gasteiger partial charge in [0.25, 0.3) is 0 Å². The number of rotatable bonds is 4. The number of methoxy groups -OCH3 is 2. The molecular weight excluding hydrogens is 278 g/mol. The van der Waals surface area contributed by atoms with Crippen LogP contribution in [0.1, 0.15) is 17.2 Å². The van der Waals surface area contributed by atoms with Gasteiger partial charge in [-0.15, -0.1) is 0 Å². The third-order valence-corrected chi connectivity index (χ3v) is 3.31. The van der Waals surface area contributed by atoms with E-state index in [-0.39, 0.29) is 0 Å². The fourth-order valence-electron chi connectivity index (χ4n) is 2.02. The minimum Gasteiger partial charge on any atom is -0.497 e. The van der Waals surface area contributed by atoms with Crippen LogP contribution in [-0.4, -0.2) is 19.3 Å². The van der Waals surface area contributed by atoms with Gasteiger partial charge in [-0.1, -0.05) is 17.7 Å². The summed E-state index contributed by atoms with van der Waals surface area (Å²) in [7, 11) is 3.11. The van der Waals surface area contributed by atoms with Gasteiger partial charge in [0.05, 0.1) is 14.2 Å². The van der Waals surface area contributed by atoms with Crippen LogP contribution in [-0.2, 0) is 0 Å². The van der Waals surface area contributed by atoms with E-state index in [2.05, 4.69) is 0 Å². The molecule has 0 heterocycles. The highest BCUT2D eigenvalue weighted by atomic mass is 35.5. The minimum atomic E-state index is -0.919. The normalized spacial score (nSPS) is 12.0. The number of nitrogens with two attached hydrogens (primary N) is 1. The molecule has 106 valence electrons. The van der Waals surface area contributed by atoms with E-state index >= 15 is 0 Å². The molecule has 2 aromatic rings. The molecule has 0 aliphatic rings. The molecule has 2 rings (SSSR count). The molecule has 4 nitrogen and oxygen atoms in total. The number of hydrogen-bond donors (Lipinski definition) is 2. The number of hydrogen-bond acceptors (Lipinski definition) is 4. The van der Waals surface area contributed by atoms with Crippen LogP contribution >= 0.6 is 11.6 Å². The number of aliphatic hydroxyl groups is 1. The summed E-state index contributed by atoms with van der Waals surface area (Å²) in [6.07, 6.45) is -0.919. The molecule has 0 aliphatic carbocycles. The Kier molecular flexibility index (Phi) is 4.37. The van der Waals surface area contributed by atoms with Crippen LogP contribution in [0.15, 0.2) is 36.4 Å². The number of halogens is 1. The molecule has 0 saturated heterocycles. The van der Waals surface area contributed by atoms with Crippen molar-refractivity contribution in [1.82, 2.24) is 0 Å². The van der Waals surface area contributed by atoms with E-state index in [1.807, 2.05) is 0 Å². The second kappa shape index (κ2) is 6.03. The Labute approximate surface area is 122 Å². The second-order valence-corrected chi connectivity index (χ2v) is 4.72. The van der Waals surface area contributed by atoms with E-state index in [4.69, 9.17) is 26.8 Å². The zero-order valence-electron chi connectivity index (χ0n) is 11.3. The number of benzene rings is 2. The van der Waals surface area contributed by atoms with Crippen LogP contribution in [0, 0.1) is 0 Å². The molecule has 0 bridgehead atoms. The molecule has 0 radical (unpaired) electrons. The average Bonchev–Trinajstić information content (AvgIpc) is 2.46. The topological polar surface area (TPSA) is 64.7 Å². The third-order valence-electron chi connectivity index (χ3n) is 3.07. The maximum Gasteiger partial charge on any atom is 0.125 e. The van der Waals surface area contributed by atoms with E-state index < -0.39 is 6.10 Å². The summed E-state index contributed by atoms with van der Waals surface area (Å²) in [5, 5.41) is 11.1. The van der Waals surface area contributed by atoms with Crippen molar-refractivity contribution in [2.24, 2.45) is 0 Å². The van der Waals surface area contributed by atoms with Gasteiger partial charge in [-0.2, -0.15) is 0 Å². The van der Waals surface area contributed by atoms with Gasteiger partial charge in [0.15, 0.2) is 0 Å². The fraction of sp³-hybridized carbons (Fsp3) is 0.200. The van der Waals surface area contributed by atoms with Crippen LogP contribution in [0.5, 0.6) is 11.5 Å². The summed E-state index contributed by atoms with van der Waals surface area (Å²) in [5.74, 6) is 1.19. The van der Waals surface area contributed by atoms with Crippen LogP contribution in [0.25, 0.3) is 0 Å². The fourth-order valence-corrected chi connectivity index (χ4v) is 2.20. The van der Waals surface area contributed by atoms with Crippen molar-refractivity contribution in [3.05, 3.63) is 52.5 Å². The van der Waals surface area contributed by atoms with Crippen LogP contribution in [0.2, 0.25) is 5.02 Å². The van der Waals surface area contributed by atoms with E-state index in [0.29, 0.717) is 33.3 Å². The monoisotopic (exact) mass is 293 g/mol. The summed E-state index contributed by atoms with van der Waals surface area (Å²) in [5.41, 5.74) is 7.49. The molecule has 3 N–H and O–H groups in total. The van der Waals surface area contributed by atoms with Crippen LogP contribution < -0.4 is 15.2 Å². The van der Waals surface area contributed by atoms with Crippen molar-refractivity contribution in [3.63, 3.8) is 0 Å². The SMILES string of the molecule is COc1ccc(OC)c(C(O)c2ccc(Cl)cc2N)c1. The third kappa shape index (κ3) is 2.81. The van der Waals surface area contributed by atoms with Gasteiger partial charge in [-0.05, 0) is 30.3 Å². The lowest BCUT2D eigenvalue weighted by atomic mass is 9.99. The van der Waals surface area contributed by atoms with Gasteiger partial charge in [0.1, 0.15) is 17.6 Å². The predicted molar refractivity (Wildman–Crippen MR) is 79.5 cm³/mol. The number of aliphatic hydroxyl groups excluding tert-OH is 1. The van der Waals surface area contributed by atoms with E-state index in [0.717, 1.165) is 0 Å². The summed E-state index contributed by atoms with van der Waals surface area (Å²) >= 11 is 5.87. The van der Waals surface area contributed by atoms with Gasteiger partial charge in [-0.3, -0.25) is 0 Å². The van der Waals surface area contributed by atoms with E-state index in [9.17, 15) is 5.11 Å². The van der Waals surface area contributed by atoms with E-state index in [1.54, 1.807) is 50.6 Å². The second-order valence-electron chi connectivity index (χ2n) is 4.28. The molecule has 5 heteroatoms. The predicted octanol–water partition coefficient (Wildman–Crippen LogP) is 3.02. The van der Waals surface area contributed by atoms with Gasteiger partial charge < -0.3 is 20.3 Å². The van der Waals surface area contributed by atoms with Crippen molar-refractivity contribution < 1.29 is 14.6 Å². The molecular formula is C15H16ClNO3. The van der Waals surface area contributed by atoms with Gasteiger partial charge in [-0.25, -0.2) is 0 Å². The maximum atomic E-state index is 10.5. The van der Waals surface area contributed by atoms with Gasteiger partial charge in [0.2, 0.25) is 0 Å². The smallest absolute Gasteiger partial charge is 0.125 e. The molecule has 0 aromatic heterocycles. The van der Waals surface area contributed by atoms with Crippen molar-refractivity contribution >= 4 is 17.3 Å². The number of nitrogen functional groups attached to an aromatic ring is 1. The van der Waals surface area contributed by atoms with Crippen molar-refractivity contribution in [3.8, 4) is 11.5 Å². The highest BCUT2D eigenvalue weighted by Crippen LogP contribution is 2.35. The number of anilines is 1. The summed E-state index contributed by atoms with van der Waals surface area (Å²) in [6.45, 7) is 0. The molecule has 1 unspecified atom stereocenters. The largest absolute Gasteiger partial charge is 0.497 e. The molecule has 2 aromatic carbocycles. The van der Waals surface area contributed by atoms with Crippen LogP contribution in [0.4, 0.5) is 5.69 Å². The molecule has 1 atom stereocenters. The zero-order chi connectivity index (χ0) is 14.7. The molecule has 0 aliphatic heterocycles. The molecule has 0 fully saturated rings. The Balaban J connectivity index is 2.48. The van der Waals surface area contributed by atoms with Gasteiger partial charge >= 0.3 is 0 Å². The maximum absolute atomic E-state index is 10.5. The summed E-state index contributed by atoms with van der Waals surface area (Å²) in [6, 6.07) is 10.2. The molecule has 0 saturated carbocycles. The van der Waals surface area contributed by atoms with Crippen molar-refractivity contribution in [2.45, 2.75) is 6.10 Å². The Morgan fingerprint density at radius 1 is 1.05 bits per heavy atom. The Bertz CT molecular complexity index is 616. The zero-order valence-corrected chi connectivity index (χ0v) is 12.0. The van der Waals surface area contributed by atoms with Crippen molar-refractivity contribution in [1.29, 1.82) is 0 Å². The number of ether oxygens (including phenoxy) is 2. The lowest BCUT2D eigenvalue weighted by molar-refractivity contribution is 0.215. The minimum absolute atomic E-state index is 0.426. The van der Waals surface area contributed by atoms with Crippen LogP contribution in [0.3, 0.4) is 0 Å².